The molecule has 0 amide bonds. The highest BCUT2D eigenvalue weighted by atomic mass is 32.2. The van der Waals surface area contributed by atoms with Crippen molar-refractivity contribution in [2.24, 2.45) is 17.3 Å². The Labute approximate surface area is 122 Å². The van der Waals surface area contributed by atoms with Gasteiger partial charge in [0.25, 0.3) is 0 Å². The number of aliphatic carboxylic acids is 1. The molecule has 0 saturated carbocycles. The standard InChI is InChI=1S/C14H27NO4S/c1-11(8-13(16)17)12-6-5-7-15(9-12)20(18,19)10-14(2,3)4/h11-12H,5-10H2,1-4H3,(H,16,17). The minimum Gasteiger partial charge on any atom is -0.481 e. The number of rotatable bonds is 5. The van der Waals surface area contributed by atoms with Crippen molar-refractivity contribution in [3.63, 3.8) is 0 Å². The molecule has 0 aromatic rings. The molecule has 1 saturated heterocycles. The van der Waals surface area contributed by atoms with E-state index < -0.39 is 16.0 Å². The molecule has 2 unspecified atom stereocenters. The molecule has 0 aromatic heterocycles. The first kappa shape index (κ1) is 17.4. The summed E-state index contributed by atoms with van der Waals surface area (Å²) in [6.07, 6.45) is 1.84. The molecule has 0 bridgehead atoms. The van der Waals surface area contributed by atoms with Gasteiger partial charge < -0.3 is 5.11 Å². The van der Waals surface area contributed by atoms with Crippen molar-refractivity contribution >= 4 is 16.0 Å². The van der Waals surface area contributed by atoms with E-state index in [4.69, 9.17) is 5.11 Å². The first-order valence-corrected chi connectivity index (χ1v) is 8.82. The average molecular weight is 305 g/mol. The van der Waals surface area contributed by atoms with E-state index in [1.165, 1.54) is 0 Å². The van der Waals surface area contributed by atoms with Gasteiger partial charge in [-0.25, -0.2) is 12.7 Å². The van der Waals surface area contributed by atoms with E-state index in [9.17, 15) is 13.2 Å². The summed E-state index contributed by atoms with van der Waals surface area (Å²) in [6, 6.07) is 0. The van der Waals surface area contributed by atoms with Crippen LogP contribution in [0.2, 0.25) is 0 Å². The minimum atomic E-state index is -3.25. The molecule has 1 rings (SSSR count). The van der Waals surface area contributed by atoms with Crippen LogP contribution in [0.4, 0.5) is 0 Å². The number of carbonyl (C=O) groups is 1. The lowest BCUT2D eigenvalue weighted by Gasteiger charge is -2.36. The number of hydrogen-bond donors (Lipinski definition) is 1. The number of hydrogen-bond acceptors (Lipinski definition) is 3. The zero-order chi connectivity index (χ0) is 15.6. The third-order valence-electron chi connectivity index (χ3n) is 3.73. The van der Waals surface area contributed by atoms with Crippen molar-refractivity contribution in [1.29, 1.82) is 0 Å². The first-order valence-electron chi connectivity index (χ1n) is 7.21. The molecular formula is C14H27NO4S. The van der Waals surface area contributed by atoms with E-state index in [1.807, 2.05) is 27.7 Å². The summed E-state index contributed by atoms with van der Waals surface area (Å²) in [7, 11) is -3.25. The van der Waals surface area contributed by atoms with Gasteiger partial charge in [-0.1, -0.05) is 27.7 Å². The molecule has 0 aromatic carbocycles. The molecule has 1 heterocycles. The predicted molar refractivity (Wildman–Crippen MR) is 79.0 cm³/mol. The van der Waals surface area contributed by atoms with E-state index >= 15 is 0 Å². The molecule has 1 aliphatic rings. The van der Waals surface area contributed by atoms with Gasteiger partial charge >= 0.3 is 5.97 Å². The van der Waals surface area contributed by atoms with Crippen LogP contribution in [0, 0.1) is 17.3 Å². The minimum absolute atomic E-state index is 0.0140. The van der Waals surface area contributed by atoms with Crippen molar-refractivity contribution in [3.8, 4) is 0 Å². The van der Waals surface area contributed by atoms with Crippen LogP contribution < -0.4 is 0 Å². The van der Waals surface area contributed by atoms with Crippen LogP contribution in [0.1, 0.15) is 47.0 Å². The largest absolute Gasteiger partial charge is 0.481 e. The van der Waals surface area contributed by atoms with Gasteiger partial charge in [0.05, 0.1) is 5.75 Å². The second-order valence-electron chi connectivity index (χ2n) is 7.15. The topological polar surface area (TPSA) is 74.7 Å². The maximum absolute atomic E-state index is 12.4. The van der Waals surface area contributed by atoms with Crippen LogP contribution in [0.3, 0.4) is 0 Å². The van der Waals surface area contributed by atoms with Gasteiger partial charge in [-0.3, -0.25) is 4.79 Å². The summed E-state index contributed by atoms with van der Waals surface area (Å²) in [4.78, 5) is 10.8. The van der Waals surface area contributed by atoms with E-state index in [0.29, 0.717) is 13.1 Å². The van der Waals surface area contributed by atoms with Crippen molar-refractivity contribution in [2.75, 3.05) is 18.8 Å². The summed E-state index contributed by atoms with van der Waals surface area (Å²) in [5, 5.41) is 8.86. The number of carboxylic acids is 1. The molecule has 1 fully saturated rings. The molecule has 0 aliphatic carbocycles. The van der Waals surface area contributed by atoms with E-state index in [-0.39, 0.29) is 29.4 Å². The average Bonchev–Trinajstić information content (AvgIpc) is 2.25. The molecule has 1 aliphatic heterocycles. The number of sulfonamides is 1. The molecule has 6 heteroatoms. The molecular weight excluding hydrogens is 278 g/mol. The summed E-state index contributed by atoms with van der Waals surface area (Å²) in [5.74, 6) is -0.512. The quantitative estimate of drug-likeness (QED) is 0.845. The Morgan fingerprint density at radius 3 is 2.50 bits per heavy atom. The predicted octanol–water partition coefficient (Wildman–Crippen LogP) is 2.19. The smallest absolute Gasteiger partial charge is 0.303 e. The maximum atomic E-state index is 12.4. The van der Waals surface area contributed by atoms with Crippen LogP contribution in [0.15, 0.2) is 0 Å². The van der Waals surface area contributed by atoms with Crippen molar-refractivity contribution in [2.45, 2.75) is 47.0 Å². The van der Waals surface area contributed by atoms with Crippen LogP contribution in [0.25, 0.3) is 0 Å². The molecule has 0 spiro atoms. The SMILES string of the molecule is CC(CC(=O)O)C1CCCN(S(=O)(=O)CC(C)(C)C)C1. The Morgan fingerprint density at radius 1 is 1.40 bits per heavy atom. The highest BCUT2D eigenvalue weighted by molar-refractivity contribution is 7.89. The van der Waals surface area contributed by atoms with Crippen LogP contribution in [-0.4, -0.2) is 42.6 Å². The third-order valence-corrected chi connectivity index (χ3v) is 6.08. The number of carboxylic acid groups (broad SMARTS) is 1. The lowest BCUT2D eigenvalue weighted by molar-refractivity contribution is -0.138. The van der Waals surface area contributed by atoms with Gasteiger partial charge in [-0.15, -0.1) is 0 Å². The summed E-state index contributed by atoms with van der Waals surface area (Å²) in [6.45, 7) is 8.68. The second kappa shape index (κ2) is 6.43. The molecule has 5 nitrogen and oxygen atoms in total. The van der Waals surface area contributed by atoms with Crippen molar-refractivity contribution in [1.82, 2.24) is 4.31 Å². The molecule has 2 atom stereocenters. The Bertz CT molecular complexity index is 439. The molecule has 0 radical (unpaired) electrons. The van der Waals surface area contributed by atoms with Crippen LogP contribution in [-0.2, 0) is 14.8 Å². The summed E-state index contributed by atoms with van der Waals surface area (Å²) in [5.41, 5.74) is -0.265. The second-order valence-corrected chi connectivity index (χ2v) is 9.12. The zero-order valence-electron chi connectivity index (χ0n) is 12.9. The van der Waals surface area contributed by atoms with E-state index in [0.717, 1.165) is 12.8 Å². The van der Waals surface area contributed by atoms with Gasteiger partial charge in [0, 0.05) is 19.5 Å². The van der Waals surface area contributed by atoms with Gasteiger partial charge in [-0.2, -0.15) is 0 Å². The molecule has 118 valence electrons. The van der Waals surface area contributed by atoms with E-state index in [1.54, 1.807) is 4.31 Å². The Balaban J connectivity index is 2.71. The van der Waals surface area contributed by atoms with Gasteiger partial charge in [-0.05, 0) is 30.1 Å². The molecule has 1 N–H and O–H groups in total. The highest BCUT2D eigenvalue weighted by Gasteiger charge is 2.34. The lowest BCUT2D eigenvalue weighted by atomic mass is 9.85. The van der Waals surface area contributed by atoms with Crippen LogP contribution in [0.5, 0.6) is 0 Å². The van der Waals surface area contributed by atoms with Gasteiger partial charge in [0.1, 0.15) is 0 Å². The van der Waals surface area contributed by atoms with Gasteiger partial charge in [0.2, 0.25) is 10.0 Å². The fourth-order valence-electron chi connectivity index (χ4n) is 2.77. The highest BCUT2D eigenvalue weighted by Crippen LogP contribution is 2.29. The molecule has 20 heavy (non-hydrogen) atoms. The fourth-order valence-corrected chi connectivity index (χ4v) is 4.87. The number of nitrogens with zero attached hydrogens (tertiary/aromatic N) is 1. The number of piperidine rings is 1. The lowest BCUT2D eigenvalue weighted by Crippen LogP contribution is -2.44. The summed E-state index contributed by atoms with van der Waals surface area (Å²) >= 11 is 0. The Kier molecular flexibility index (Phi) is 5.61. The monoisotopic (exact) mass is 305 g/mol. The fraction of sp³-hybridized carbons (Fsp3) is 0.929. The van der Waals surface area contributed by atoms with Crippen molar-refractivity contribution in [3.05, 3.63) is 0 Å². The Hall–Kier alpha value is -0.620. The maximum Gasteiger partial charge on any atom is 0.303 e. The van der Waals surface area contributed by atoms with Crippen molar-refractivity contribution < 1.29 is 18.3 Å². The first-order chi connectivity index (χ1) is 9.01. The summed E-state index contributed by atoms with van der Waals surface area (Å²) < 4.78 is 26.4. The zero-order valence-corrected chi connectivity index (χ0v) is 13.7. The van der Waals surface area contributed by atoms with Gasteiger partial charge in [0.15, 0.2) is 0 Å². The normalized spacial score (nSPS) is 23.5. The van der Waals surface area contributed by atoms with Crippen LogP contribution >= 0.6 is 0 Å². The Morgan fingerprint density at radius 2 is 2.00 bits per heavy atom. The van der Waals surface area contributed by atoms with E-state index in [2.05, 4.69) is 0 Å². The third kappa shape index (κ3) is 5.40.